The van der Waals surface area contributed by atoms with E-state index in [1.54, 1.807) is 12.1 Å². The van der Waals surface area contributed by atoms with Crippen molar-refractivity contribution in [3.8, 4) is 0 Å². The number of carbonyl (C=O) groups is 2. The van der Waals surface area contributed by atoms with Gasteiger partial charge in [-0.25, -0.2) is 0 Å². The molecule has 134 valence electrons. The molecule has 0 unspecified atom stereocenters. The molecular weight excluding hydrogens is 336 g/mol. The van der Waals surface area contributed by atoms with Gasteiger partial charge in [-0.3, -0.25) is 9.59 Å². The summed E-state index contributed by atoms with van der Waals surface area (Å²) in [5.41, 5.74) is 2.44. The third kappa shape index (κ3) is 1.58. The lowest BCUT2D eigenvalue weighted by atomic mass is 9.59. The van der Waals surface area contributed by atoms with Crippen molar-refractivity contribution in [3.63, 3.8) is 0 Å². The lowest BCUT2D eigenvalue weighted by Gasteiger charge is -2.47. The third-order valence-corrected chi connectivity index (χ3v) is 6.35. The van der Waals surface area contributed by atoms with Crippen LogP contribution in [-0.4, -0.2) is 41.1 Å². The average molecular weight is 354 g/mol. The van der Waals surface area contributed by atoms with Crippen molar-refractivity contribution in [2.24, 2.45) is 0 Å². The van der Waals surface area contributed by atoms with E-state index in [0.717, 1.165) is 5.56 Å². The maximum absolute atomic E-state index is 13.2. The summed E-state index contributed by atoms with van der Waals surface area (Å²) in [6.07, 6.45) is -0.744. The van der Waals surface area contributed by atoms with Crippen LogP contribution in [0, 0.1) is 0 Å². The Balaban J connectivity index is 1.87. The number of benzene rings is 1. The number of methoxy groups -OCH3 is 1. The summed E-state index contributed by atoms with van der Waals surface area (Å²) >= 11 is 0. The number of hydrogen-bond donors (Lipinski definition) is 2. The summed E-state index contributed by atoms with van der Waals surface area (Å²) in [5.74, 6) is -0.128. The second-order valence-electron chi connectivity index (χ2n) is 7.45. The Hall–Kier alpha value is -2.28. The van der Waals surface area contributed by atoms with Crippen LogP contribution in [0.25, 0.3) is 0 Å². The van der Waals surface area contributed by atoms with Crippen molar-refractivity contribution < 1.29 is 29.0 Å². The van der Waals surface area contributed by atoms with E-state index in [2.05, 4.69) is 0 Å². The van der Waals surface area contributed by atoms with Gasteiger partial charge in [0.15, 0.2) is 11.5 Å². The van der Waals surface area contributed by atoms with Crippen LogP contribution < -0.4 is 0 Å². The molecule has 4 atom stereocenters. The van der Waals surface area contributed by atoms with Crippen LogP contribution in [0.15, 0.2) is 22.8 Å². The molecule has 0 spiro atoms. The normalized spacial score (nSPS) is 31.6. The number of hydrogen-bond acceptors (Lipinski definition) is 6. The second-order valence-corrected chi connectivity index (χ2v) is 7.45. The van der Waals surface area contributed by atoms with Gasteiger partial charge in [0.25, 0.3) is 0 Å². The molecule has 26 heavy (non-hydrogen) atoms. The summed E-state index contributed by atoms with van der Waals surface area (Å²) in [7, 11) is 1.43. The molecule has 3 aliphatic rings. The van der Waals surface area contributed by atoms with E-state index < -0.39 is 23.7 Å². The summed E-state index contributed by atoms with van der Waals surface area (Å²) in [5, 5.41) is 21.7. The van der Waals surface area contributed by atoms with Gasteiger partial charge in [-0.1, -0.05) is 12.1 Å². The quantitative estimate of drug-likeness (QED) is 0.809. The molecule has 0 aliphatic heterocycles. The van der Waals surface area contributed by atoms with Crippen molar-refractivity contribution in [2.45, 2.75) is 43.5 Å². The molecule has 0 fully saturated rings. The number of furan rings is 1. The fourth-order valence-electron chi connectivity index (χ4n) is 5.02. The molecule has 0 saturated heterocycles. The first-order valence-electron chi connectivity index (χ1n) is 8.66. The molecule has 0 amide bonds. The van der Waals surface area contributed by atoms with E-state index in [9.17, 15) is 19.8 Å². The molecule has 1 heterocycles. The van der Waals surface area contributed by atoms with Crippen molar-refractivity contribution in [3.05, 3.63) is 57.5 Å². The molecule has 0 bridgehead atoms. The van der Waals surface area contributed by atoms with Gasteiger partial charge in [0.1, 0.15) is 12.2 Å². The van der Waals surface area contributed by atoms with Gasteiger partial charge in [-0.05, 0) is 24.5 Å². The topological polar surface area (TPSA) is 97.0 Å². The van der Waals surface area contributed by atoms with Crippen LogP contribution in [0.2, 0.25) is 0 Å². The Kier molecular flexibility index (Phi) is 3.01. The minimum atomic E-state index is -1.08. The molecule has 3 aliphatic carbocycles. The summed E-state index contributed by atoms with van der Waals surface area (Å²) in [6.45, 7) is 1.84. The molecule has 2 aromatic rings. The van der Waals surface area contributed by atoms with Crippen molar-refractivity contribution >= 4 is 11.6 Å². The molecule has 0 radical (unpaired) electrons. The van der Waals surface area contributed by atoms with Crippen LogP contribution in [0.1, 0.15) is 68.2 Å². The lowest BCUT2D eigenvalue weighted by molar-refractivity contribution is -0.112. The van der Waals surface area contributed by atoms with Gasteiger partial charge < -0.3 is 19.4 Å². The van der Waals surface area contributed by atoms with Gasteiger partial charge in [0, 0.05) is 35.8 Å². The van der Waals surface area contributed by atoms with Gasteiger partial charge in [-0.2, -0.15) is 0 Å². The number of aliphatic hydroxyl groups is 2. The van der Waals surface area contributed by atoms with E-state index in [4.69, 9.17) is 9.15 Å². The zero-order valence-corrected chi connectivity index (χ0v) is 14.4. The van der Waals surface area contributed by atoms with E-state index in [1.165, 1.54) is 13.4 Å². The first kappa shape index (κ1) is 15.9. The molecule has 5 rings (SSSR count). The summed E-state index contributed by atoms with van der Waals surface area (Å²) in [4.78, 5) is 25.3. The van der Waals surface area contributed by atoms with E-state index in [1.807, 2.05) is 6.92 Å². The Bertz CT molecular complexity index is 986. The zero-order valence-electron chi connectivity index (χ0n) is 14.4. The molecule has 1 aromatic heterocycles. The highest BCUT2D eigenvalue weighted by atomic mass is 16.5. The Labute approximate surface area is 149 Å². The molecule has 1 aromatic carbocycles. The Morgan fingerprint density at radius 3 is 2.73 bits per heavy atom. The number of Topliss-reactive ketones (excluding diaryl/α,β-unsaturated/α-hetero) is 1. The SMILES string of the molecule is CO[C@H]1[C@@H](O)[C@]2(C)c3ccc4c(c3C(=O)c3occ(c32)[C@@H]1O)CCC4=O. The largest absolute Gasteiger partial charge is 0.460 e. The number of carbonyl (C=O) groups excluding carboxylic acids is 2. The van der Waals surface area contributed by atoms with Gasteiger partial charge in [0.05, 0.1) is 17.8 Å². The fourth-order valence-corrected chi connectivity index (χ4v) is 5.02. The zero-order chi connectivity index (χ0) is 18.4. The maximum atomic E-state index is 13.2. The monoisotopic (exact) mass is 354 g/mol. The minimum Gasteiger partial charge on any atom is -0.460 e. The van der Waals surface area contributed by atoms with Gasteiger partial charge in [-0.15, -0.1) is 0 Å². The van der Waals surface area contributed by atoms with Crippen molar-refractivity contribution in [2.75, 3.05) is 7.11 Å². The standard InChI is InChI=1S/C20H18O6/c1-20-11-5-3-8-9(4-6-12(8)21)13(11)16(23)17-14(20)10(7-26-17)15(22)18(25-2)19(20)24/h3,5,7,15,18-19,22,24H,4,6H2,1-2H3/t15-,18+,19+,20+/m0/s1. The highest BCUT2D eigenvalue weighted by Crippen LogP contribution is 2.54. The molecule has 6 heteroatoms. The summed E-state index contributed by atoms with van der Waals surface area (Å²) < 4.78 is 10.9. The van der Waals surface area contributed by atoms with Crippen LogP contribution >= 0.6 is 0 Å². The second kappa shape index (κ2) is 4.91. The van der Waals surface area contributed by atoms with Gasteiger partial charge >= 0.3 is 0 Å². The van der Waals surface area contributed by atoms with Gasteiger partial charge in [0.2, 0.25) is 5.78 Å². The number of aliphatic hydroxyl groups excluding tert-OH is 2. The van der Waals surface area contributed by atoms with Crippen molar-refractivity contribution in [1.82, 2.24) is 0 Å². The molecular formula is C20H18O6. The average Bonchev–Trinajstić information content (AvgIpc) is 3.23. The number of ether oxygens (including phenoxy) is 1. The fraction of sp³-hybridized carbons (Fsp3) is 0.400. The van der Waals surface area contributed by atoms with Crippen LogP contribution in [0.3, 0.4) is 0 Å². The molecule has 0 saturated carbocycles. The Morgan fingerprint density at radius 1 is 1.23 bits per heavy atom. The highest BCUT2D eigenvalue weighted by Gasteiger charge is 2.57. The van der Waals surface area contributed by atoms with Crippen LogP contribution in [-0.2, 0) is 16.6 Å². The van der Waals surface area contributed by atoms with Crippen LogP contribution in [0.4, 0.5) is 0 Å². The first-order chi connectivity index (χ1) is 12.4. The molecule has 2 N–H and O–H groups in total. The first-order valence-corrected chi connectivity index (χ1v) is 8.66. The van der Waals surface area contributed by atoms with E-state index in [-0.39, 0.29) is 17.3 Å². The Morgan fingerprint density at radius 2 is 2.00 bits per heavy atom. The minimum absolute atomic E-state index is 0.0288. The van der Waals surface area contributed by atoms with E-state index >= 15 is 0 Å². The highest BCUT2D eigenvalue weighted by molar-refractivity contribution is 6.15. The molecule has 6 nitrogen and oxygen atoms in total. The van der Waals surface area contributed by atoms with Crippen molar-refractivity contribution in [1.29, 1.82) is 0 Å². The predicted octanol–water partition coefficient (Wildman–Crippen LogP) is 1.68. The summed E-state index contributed by atoms with van der Waals surface area (Å²) in [6, 6.07) is 3.50. The lowest BCUT2D eigenvalue weighted by Crippen LogP contribution is -2.55. The smallest absolute Gasteiger partial charge is 0.229 e. The maximum Gasteiger partial charge on any atom is 0.229 e. The van der Waals surface area contributed by atoms with E-state index in [0.29, 0.717) is 40.7 Å². The third-order valence-electron chi connectivity index (χ3n) is 6.35. The predicted molar refractivity (Wildman–Crippen MR) is 89.5 cm³/mol. The number of rotatable bonds is 1. The number of ketones is 2. The number of fused-ring (bicyclic) bond motifs is 4. The van der Waals surface area contributed by atoms with Crippen LogP contribution in [0.5, 0.6) is 0 Å².